The number of carbonyl (C=O) groups is 1. The molecule has 0 saturated heterocycles. The molecule has 0 aromatic heterocycles. The number of nitrogens with one attached hydrogen (secondary N) is 1. The normalized spacial score (nSPS) is 12.6. The van der Waals surface area contributed by atoms with Crippen molar-refractivity contribution in [3.05, 3.63) is 0 Å². The first kappa shape index (κ1) is 13.7. The summed E-state index contributed by atoms with van der Waals surface area (Å²) in [7, 11) is -4.08. The van der Waals surface area contributed by atoms with Crippen molar-refractivity contribution in [1.29, 1.82) is 0 Å². The van der Waals surface area contributed by atoms with Gasteiger partial charge in [-0.1, -0.05) is 0 Å². The Bertz CT molecular complexity index is 297. The molecule has 0 aliphatic carbocycles. The average Bonchev–Trinajstić information content (AvgIpc) is 1.78. The lowest BCUT2D eigenvalue weighted by Crippen LogP contribution is -2.48. The van der Waals surface area contributed by atoms with Crippen molar-refractivity contribution >= 4 is 28.7 Å². The highest BCUT2D eigenvalue weighted by molar-refractivity contribution is 7.85. The monoisotopic (exact) mass is 241 g/mol. The van der Waals surface area contributed by atoms with Gasteiger partial charge in [-0.2, -0.15) is 21.0 Å². The van der Waals surface area contributed by atoms with E-state index < -0.39 is 21.4 Å². The largest absolute Gasteiger partial charge is 0.350 e. The molecule has 0 aliphatic rings. The van der Waals surface area contributed by atoms with E-state index in [1.165, 1.54) is 13.8 Å². The average molecular weight is 241 g/mol. The molecule has 0 saturated carbocycles. The van der Waals surface area contributed by atoms with E-state index in [-0.39, 0.29) is 12.3 Å². The highest BCUT2D eigenvalue weighted by atomic mass is 32.2. The minimum absolute atomic E-state index is 0.220. The van der Waals surface area contributed by atoms with Crippen LogP contribution in [0.1, 0.15) is 20.3 Å². The Hall–Kier alpha value is -0.270. The van der Waals surface area contributed by atoms with Crippen LogP contribution in [-0.4, -0.2) is 35.9 Å². The summed E-state index contributed by atoms with van der Waals surface area (Å²) in [6.07, 6.45) is 0.220. The predicted molar refractivity (Wildman–Crippen MR) is 57.1 cm³/mol. The molecular weight excluding hydrogens is 226 g/mol. The van der Waals surface area contributed by atoms with E-state index in [0.717, 1.165) is 0 Å². The molecule has 2 N–H and O–H groups in total. The van der Waals surface area contributed by atoms with Crippen LogP contribution in [-0.2, 0) is 14.9 Å². The molecule has 0 unspecified atom stereocenters. The van der Waals surface area contributed by atoms with E-state index in [4.69, 9.17) is 4.55 Å². The Morgan fingerprint density at radius 3 is 2.36 bits per heavy atom. The number of hydrogen-bond acceptors (Lipinski definition) is 4. The molecule has 14 heavy (non-hydrogen) atoms. The van der Waals surface area contributed by atoms with E-state index in [1.54, 1.807) is 0 Å². The van der Waals surface area contributed by atoms with Crippen molar-refractivity contribution in [1.82, 2.24) is 5.32 Å². The van der Waals surface area contributed by atoms with Crippen molar-refractivity contribution in [2.75, 3.05) is 11.5 Å². The predicted octanol–water partition coefficient (Wildman–Crippen LogP) is 0.0889. The van der Waals surface area contributed by atoms with Gasteiger partial charge in [0.15, 0.2) is 0 Å². The second-order valence-electron chi connectivity index (χ2n) is 3.63. The molecule has 0 aromatic carbocycles. The van der Waals surface area contributed by atoms with E-state index in [1.807, 2.05) is 0 Å². The smallest absolute Gasteiger partial charge is 0.267 e. The molecule has 0 atom stereocenters. The van der Waals surface area contributed by atoms with Gasteiger partial charge in [0.2, 0.25) is 5.91 Å². The Kier molecular flexibility index (Phi) is 4.90. The zero-order valence-corrected chi connectivity index (χ0v) is 9.86. The lowest BCUT2D eigenvalue weighted by molar-refractivity contribution is -0.122. The molecule has 0 rings (SSSR count). The molecule has 7 heteroatoms. The van der Waals surface area contributed by atoms with E-state index in [2.05, 4.69) is 17.9 Å². The Morgan fingerprint density at radius 2 is 2.00 bits per heavy atom. The van der Waals surface area contributed by atoms with Gasteiger partial charge in [-0.15, -0.1) is 0 Å². The number of hydrogen-bond donors (Lipinski definition) is 3. The molecule has 0 heterocycles. The lowest BCUT2D eigenvalue weighted by Gasteiger charge is -2.24. The first-order chi connectivity index (χ1) is 6.16. The van der Waals surface area contributed by atoms with Gasteiger partial charge in [0.05, 0.1) is 11.3 Å². The summed E-state index contributed by atoms with van der Waals surface area (Å²) in [5, 5.41) is 2.49. The molecule has 0 fully saturated rings. The fourth-order valence-corrected chi connectivity index (χ4v) is 2.22. The Labute approximate surface area is 89.4 Å². The Balaban J connectivity index is 4.27. The third-order valence-electron chi connectivity index (χ3n) is 1.36. The maximum Gasteiger partial charge on any atom is 0.267 e. The molecule has 0 spiro atoms. The van der Waals surface area contributed by atoms with Crippen LogP contribution >= 0.6 is 12.6 Å². The molecule has 0 radical (unpaired) electrons. The number of thiol groups is 1. The van der Waals surface area contributed by atoms with Crippen LogP contribution < -0.4 is 5.32 Å². The van der Waals surface area contributed by atoms with Crippen LogP contribution in [0, 0.1) is 0 Å². The highest BCUT2D eigenvalue weighted by Gasteiger charge is 2.26. The van der Waals surface area contributed by atoms with Gasteiger partial charge in [0.1, 0.15) is 0 Å². The summed E-state index contributed by atoms with van der Waals surface area (Å²) in [6, 6.07) is 0. The van der Waals surface area contributed by atoms with Gasteiger partial charge >= 0.3 is 0 Å². The molecule has 0 aliphatic heterocycles. The zero-order valence-electron chi connectivity index (χ0n) is 8.15. The minimum Gasteiger partial charge on any atom is -0.350 e. The topological polar surface area (TPSA) is 83.5 Å². The minimum atomic E-state index is -4.08. The quantitative estimate of drug-likeness (QED) is 0.470. The Morgan fingerprint density at radius 1 is 1.50 bits per heavy atom. The molecule has 5 nitrogen and oxygen atoms in total. The first-order valence-electron chi connectivity index (χ1n) is 4.03. The summed E-state index contributed by atoms with van der Waals surface area (Å²) >= 11 is 3.87. The third kappa shape index (κ3) is 7.16. The summed E-state index contributed by atoms with van der Waals surface area (Å²) in [6.45, 7) is 3.05. The van der Waals surface area contributed by atoms with E-state index >= 15 is 0 Å². The summed E-state index contributed by atoms with van der Waals surface area (Å²) < 4.78 is 29.8. The fourth-order valence-electron chi connectivity index (χ4n) is 1.03. The van der Waals surface area contributed by atoms with Crippen molar-refractivity contribution < 1.29 is 17.8 Å². The molecule has 84 valence electrons. The van der Waals surface area contributed by atoms with Crippen molar-refractivity contribution in [3.8, 4) is 0 Å². The second-order valence-corrected chi connectivity index (χ2v) is 5.53. The maximum absolute atomic E-state index is 11.1. The van der Waals surface area contributed by atoms with Crippen LogP contribution in [0.4, 0.5) is 0 Å². The van der Waals surface area contributed by atoms with Crippen LogP contribution in [0.3, 0.4) is 0 Å². The summed E-state index contributed by atoms with van der Waals surface area (Å²) in [5.41, 5.74) is -0.965. The van der Waals surface area contributed by atoms with Gasteiger partial charge < -0.3 is 5.32 Å². The third-order valence-corrected chi connectivity index (χ3v) is 2.67. The van der Waals surface area contributed by atoms with Gasteiger partial charge in [0, 0.05) is 6.42 Å². The zero-order chi connectivity index (χ0) is 11.4. The van der Waals surface area contributed by atoms with Crippen molar-refractivity contribution in [3.63, 3.8) is 0 Å². The van der Waals surface area contributed by atoms with Gasteiger partial charge in [-0.3, -0.25) is 9.35 Å². The van der Waals surface area contributed by atoms with Gasteiger partial charge in [0.25, 0.3) is 10.1 Å². The first-order valence-corrected chi connectivity index (χ1v) is 6.27. The van der Waals surface area contributed by atoms with Crippen LogP contribution in [0.25, 0.3) is 0 Å². The van der Waals surface area contributed by atoms with Crippen LogP contribution in [0.15, 0.2) is 0 Å². The van der Waals surface area contributed by atoms with Crippen LogP contribution in [0.5, 0.6) is 0 Å². The molecular formula is C7H15NO4S2. The SMILES string of the molecule is CC(C)(CS(=O)(=O)O)NC(=O)CCS. The highest BCUT2D eigenvalue weighted by Crippen LogP contribution is 2.06. The number of rotatable bonds is 5. The number of amides is 1. The summed E-state index contributed by atoms with van der Waals surface area (Å²) in [4.78, 5) is 11.1. The molecule has 0 bridgehead atoms. The number of carbonyl (C=O) groups excluding carboxylic acids is 1. The molecule has 0 aromatic rings. The van der Waals surface area contributed by atoms with E-state index in [0.29, 0.717) is 5.75 Å². The molecule has 1 amide bonds. The maximum atomic E-state index is 11.1. The fraction of sp³-hybridized carbons (Fsp3) is 0.857. The second kappa shape index (κ2) is 4.99. The van der Waals surface area contributed by atoms with Crippen molar-refractivity contribution in [2.45, 2.75) is 25.8 Å². The summed E-state index contributed by atoms with van der Waals surface area (Å²) in [5.74, 6) is -0.389. The van der Waals surface area contributed by atoms with Gasteiger partial charge in [-0.05, 0) is 19.6 Å². The van der Waals surface area contributed by atoms with Crippen molar-refractivity contribution in [2.24, 2.45) is 0 Å². The van der Waals surface area contributed by atoms with Gasteiger partial charge in [-0.25, -0.2) is 0 Å². The standard InChI is InChI=1S/C7H15NO4S2/c1-7(2,5-14(10,11)12)8-6(9)3-4-13/h13H,3-5H2,1-2H3,(H,8,9)(H,10,11,12). The lowest BCUT2D eigenvalue weighted by atomic mass is 10.1. The van der Waals surface area contributed by atoms with E-state index in [9.17, 15) is 13.2 Å². The van der Waals surface area contributed by atoms with Crippen LogP contribution in [0.2, 0.25) is 0 Å².